The van der Waals surface area contributed by atoms with Crippen LogP contribution in [0.4, 0.5) is 23.2 Å². The second-order valence-electron chi connectivity index (χ2n) is 6.03. The van der Waals surface area contributed by atoms with Gasteiger partial charge in [0.2, 0.25) is 0 Å². The van der Waals surface area contributed by atoms with Gasteiger partial charge in [-0.15, -0.1) is 0 Å². The van der Waals surface area contributed by atoms with E-state index < -0.39 is 34.8 Å². The van der Waals surface area contributed by atoms with Crippen molar-refractivity contribution < 1.29 is 41.5 Å². The van der Waals surface area contributed by atoms with Crippen LogP contribution in [0.5, 0.6) is 17.2 Å². The highest BCUT2D eigenvalue weighted by Gasteiger charge is 2.37. The van der Waals surface area contributed by atoms with Gasteiger partial charge in [0.1, 0.15) is 33.9 Å². The highest BCUT2D eigenvalue weighted by Crippen LogP contribution is 2.37. The number of hydrogen-bond donors (Lipinski definition) is 1. The number of halogens is 4. The summed E-state index contributed by atoms with van der Waals surface area (Å²) in [6, 6.07) is 8.75. The van der Waals surface area contributed by atoms with Crippen molar-refractivity contribution in [3.8, 4) is 17.2 Å². The van der Waals surface area contributed by atoms with Crippen LogP contribution in [0.3, 0.4) is 0 Å². The molecule has 0 radical (unpaired) electrons. The minimum Gasteiger partial charge on any atom is -0.497 e. The van der Waals surface area contributed by atoms with Gasteiger partial charge in [0.15, 0.2) is 12.9 Å². The number of carbonyl (C=O) groups excluding carboxylic acids is 1. The molecule has 2 aromatic carbocycles. The van der Waals surface area contributed by atoms with E-state index in [0.717, 1.165) is 10.9 Å². The molecule has 0 atom stereocenters. The maximum Gasteiger partial charge on any atom is 0.419 e. The Hall–Kier alpha value is -3.89. The number of nitrogens with zero attached hydrogens (tertiary/aromatic N) is 2. The van der Waals surface area contributed by atoms with Gasteiger partial charge in [-0.2, -0.15) is 13.2 Å². The molecule has 1 amide bonds. The molecule has 1 aromatic heterocycles. The normalized spacial score (nSPS) is 11.0. The van der Waals surface area contributed by atoms with Crippen LogP contribution in [0.25, 0.3) is 0 Å². The molecule has 162 valence electrons. The number of aromatic nitrogens is 2. The van der Waals surface area contributed by atoms with E-state index in [2.05, 4.69) is 10.4 Å². The summed E-state index contributed by atoms with van der Waals surface area (Å²) in [5.41, 5.74) is -2.40. The standard InChI is InChI=1S/C20H15F4N3O4/c1-29-13-3-5-14(6-4-13)31-16-8-7-15(20(22,23)24)18(21)17(16)19(28)26-12-9-10-27(30-2)25-11-12/h3-11H,1-2H3/p+1. The number of carbonyl (C=O) groups is 1. The van der Waals surface area contributed by atoms with E-state index in [1.165, 1.54) is 56.9 Å². The third-order valence-electron chi connectivity index (χ3n) is 4.06. The highest BCUT2D eigenvalue weighted by atomic mass is 19.4. The highest BCUT2D eigenvalue weighted by molar-refractivity contribution is 6.06. The molecule has 0 unspecified atom stereocenters. The molecule has 3 aromatic rings. The molecule has 0 bridgehead atoms. The molecule has 3 rings (SSSR count). The molecule has 1 N–H and O–H groups in total. The molecule has 1 heterocycles. The zero-order valence-electron chi connectivity index (χ0n) is 16.2. The smallest absolute Gasteiger partial charge is 0.419 e. The summed E-state index contributed by atoms with van der Waals surface area (Å²) >= 11 is 0. The molecule has 0 fully saturated rings. The van der Waals surface area contributed by atoms with Crippen LogP contribution in [0, 0.1) is 5.82 Å². The number of methoxy groups -OCH3 is 1. The minimum atomic E-state index is -5.00. The first-order valence-electron chi connectivity index (χ1n) is 8.68. The molecule has 0 aliphatic carbocycles. The van der Waals surface area contributed by atoms with Gasteiger partial charge in [0.05, 0.1) is 18.4 Å². The van der Waals surface area contributed by atoms with Gasteiger partial charge in [-0.3, -0.25) is 4.79 Å². The largest absolute Gasteiger partial charge is 0.497 e. The van der Waals surface area contributed by atoms with Crippen molar-refractivity contribution in [3.05, 3.63) is 71.8 Å². The van der Waals surface area contributed by atoms with Crippen LogP contribution in [0.15, 0.2) is 54.9 Å². The first kappa shape index (κ1) is 21.8. The minimum absolute atomic E-state index is 0.102. The topological polar surface area (TPSA) is 73.6 Å². The van der Waals surface area contributed by atoms with E-state index in [1.54, 1.807) is 0 Å². The van der Waals surface area contributed by atoms with E-state index in [1.807, 2.05) is 0 Å². The van der Waals surface area contributed by atoms with Crippen molar-refractivity contribution in [1.82, 2.24) is 5.10 Å². The lowest BCUT2D eigenvalue weighted by molar-refractivity contribution is -0.930. The van der Waals surface area contributed by atoms with E-state index in [0.29, 0.717) is 11.8 Å². The maximum absolute atomic E-state index is 14.8. The monoisotopic (exact) mass is 438 g/mol. The average molecular weight is 438 g/mol. The predicted molar refractivity (Wildman–Crippen MR) is 99.4 cm³/mol. The van der Waals surface area contributed by atoms with E-state index in [-0.39, 0.29) is 11.4 Å². The van der Waals surface area contributed by atoms with Crippen LogP contribution in [-0.4, -0.2) is 25.2 Å². The molecule has 0 saturated carbocycles. The summed E-state index contributed by atoms with van der Waals surface area (Å²) in [6.45, 7) is 0. The quantitative estimate of drug-likeness (QED) is 0.470. The van der Waals surface area contributed by atoms with Crippen LogP contribution < -0.4 is 24.5 Å². The third-order valence-corrected chi connectivity index (χ3v) is 4.06. The van der Waals surface area contributed by atoms with Crippen molar-refractivity contribution in [3.63, 3.8) is 0 Å². The molecule has 11 heteroatoms. The molecule has 0 spiro atoms. The van der Waals surface area contributed by atoms with Crippen molar-refractivity contribution in [1.29, 1.82) is 0 Å². The number of alkyl halides is 3. The van der Waals surface area contributed by atoms with Crippen molar-refractivity contribution in [2.45, 2.75) is 6.18 Å². The fourth-order valence-electron chi connectivity index (χ4n) is 2.56. The van der Waals surface area contributed by atoms with Crippen molar-refractivity contribution >= 4 is 11.6 Å². The summed E-state index contributed by atoms with van der Waals surface area (Å²) < 4.78 is 64.9. The molecule has 0 aliphatic heterocycles. The Kier molecular flexibility index (Phi) is 6.23. The van der Waals surface area contributed by atoms with Gasteiger partial charge in [-0.25, -0.2) is 9.23 Å². The Morgan fingerprint density at radius 2 is 1.71 bits per heavy atom. The summed E-state index contributed by atoms with van der Waals surface area (Å²) in [5, 5.41) is 6.09. The van der Waals surface area contributed by atoms with Crippen LogP contribution in [0.2, 0.25) is 0 Å². The Balaban J connectivity index is 1.99. The van der Waals surface area contributed by atoms with E-state index >= 15 is 0 Å². The fraction of sp³-hybridized carbons (Fsp3) is 0.150. The van der Waals surface area contributed by atoms with Crippen LogP contribution in [-0.2, 0) is 6.18 Å². The van der Waals surface area contributed by atoms with Gasteiger partial charge in [0.25, 0.3) is 12.1 Å². The molecular formula is C20H16F4N3O4+. The van der Waals surface area contributed by atoms with Gasteiger partial charge in [-0.1, -0.05) is 0 Å². The summed E-state index contributed by atoms with van der Waals surface area (Å²) in [4.78, 5) is 18.6. The summed E-state index contributed by atoms with van der Waals surface area (Å²) in [5.74, 6) is -2.63. The Bertz CT molecular complexity index is 1070. The van der Waals surface area contributed by atoms with E-state index in [4.69, 9.17) is 14.3 Å². The van der Waals surface area contributed by atoms with Gasteiger partial charge in [0, 0.05) is 11.2 Å². The average Bonchev–Trinajstić information content (AvgIpc) is 2.74. The number of benzene rings is 2. The first-order valence-corrected chi connectivity index (χ1v) is 8.68. The zero-order valence-corrected chi connectivity index (χ0v) is 16.2. The van der Waals surface area contributed by atoms with Crippen LogP contribution in [0.1, 0.15) is 15.9 Å². The second kappa shape index (κ2) is 8.86. The zero-order chi connectivity index (χ0) is 22.6. The number of amides is 1. The molecule has 31 heavy (non-hydrogen) atoms. The number of ether oxygens (including phenoxy) is 2. The molecular weight excluding hydrogens is 422 g/mol. The third kappa shape index (κ3) is 5.00. The number of hydrogen-bond acceptors (Lipinski definition) is 5. The lowest BCUT2D eigenvalue weighted by Crippen LogP contribution is -2.43. The number of nitrogens with one attached hydrogen (secondary N) is 1. The summed E-state index contributed by atoms with van der Waals surface area (Å²) in [7, 11) is 2.81. The van der Waals surface area contributed by atoms with Crippen LogP contribution >= 0.6 is 0 Å². The lowest BCUT2D eigenvalue weighted by Gasteiger charge is -2.16. The van der Waals surface area contributed by atoms with Gasteiger partial charge < -0.3 is 14.8 Å². The fourth-order valence-corrected chi connectivity index (χ4v) is 2.56. The predicted octanol–water partition coefficient (Wildman–Crippen LogP) is 3.64. The molecule has 0 saturated heterocycles. The number of rotatable bonds is 6. The first-order chi connectivity index (χ1) is 14.7. The van der Waals surface area contributed by atoms with Gasteiger partial charge in [-0.05, 0) is 36.4 Å². The molecule has 0 aliphatic rings. The Labute approximate surface area is 173 Å². The Morgan fingerprint density at radius 1 is 1.03 bits per heavy atom. The lowest BCUT2D eigenvalue weighted by atomic mass is 10.1. The Morgan fingerprint density at radius 3 is 2.26 bits per heavy atom. The summed E-state index contributed by atoms with van der Waals surface area (Å²) in [6.07, 6.45) is -2.49. The second-order valence-corrected chi connectivity index (χ2v) is 6.03. The van der Waals surface area contributed by atoms with Crippen molar-refractivity contribution in [2.24, 2.45) is 0 Å². The van der Waals surface area contributed by atoms with E-state index in [9.17, 15) is 22.4 Å². The van der Waals surface area contributed by atoms with Gasteiger partial charge >= 0.3 is 6.18 Å². The maximum atomic E-state index is 14.8. The van der Waals surface area contributed by atoms with Crippen molar-refractivity contribution in [2.75, 3.05) is 19.5 Å². The molecule has 7 nitrogen and oxygen atoms in total. The number of anilines is 1. The SMILES string of the molecule is COc1ccc(Oc2ccc(C(F)(F)F)c(F)c2C(=O)Nc2cc[n+](OC)nc2)cc1.